The van der Waals surface area contributed by atoms with E-state index < -0.39 is 11.6 Å². The molecule has 2 aliphatic heterocycles. The van der Waals surface area contributed by atoms with E-state index in [1.165, 1.54) is 24.1 Å². The number of hydrogen-bond donors (Lipinski definition) is 1. The second-order valence-electron chi connectivity index (χ2n) is 13.0. The van der Waals surface area contributed by atoms with Gasteiger partial charge in [0.1, 0.15) is 28.8 Å². The van der Waals surface area contributed by atoms with Crippen molar-refractivity contribution in [2.75, 3.05) is 31.1 Å². The number of rotatable bonds is 1. The van der Waals surface area contributed by atoms with Gasteiger partial charge in [-0.2, -0.15) is 5.26 Å². The molecule has 0 amide bonds. The van der Waals surface area contributed by atoms with Crippen molar-refractivity contribution in [3.05, 3.63) is 130 Å². The average molecular weight is 655 g/mol. The minimum absolute atomic E-state index is 0.0108. The van der Waals surface area contributed by atoms with Crippen molar-refractivity contribution in [2.45, 2.75) is 26.7 Å². The third kappa shape index (κ3) is 7.76. The monoisotopic (exact) mass is 654 g/mol. The number of anilines is 1. The number of nitrogens with zero attached hydrogens (tertiary/aromatic N) is 5. The summed E-state index contributed by atoms with van der Waals surface area (Å²) >= 11 is 0. The van der Waals surface area contributed by atoms with E-state index in [4.69, 9.17) is 11.8 Å². The lowest BCUT2D eigenvalue weighted by atomic mass is 10.1. The van der Waals surface area contributed by atoms with Gasteiger partial charge in [0.25, 0.3) is 0 Å². The SMILES string of the molecule is Cc1cccnc1C#CC12CC1CN(c1cc(F)cc(C#N)c1)C2.Cc1cccnc1C#CC12CNCC1C2.[C-]#[N+]c1cc(F)cc(F)c1. The third-order valence-electron chi connectivity index (χ3n) is 9.44. The van der Waals surface area contributed by atoms with Crippen molar-refractivity contribution >= 4 is 11.4 Å². The molecule has 4 aromatic rings. The Kier molecular flexibility index (Phi) is 9.42. The lowest BCUT2D eigenvalue weighted by molar-refractivity contribution is 0.584. The molecule has 4 aliphatic rings. The molecule has 0 bridgehead atoms. The maximum absolute atomic E-state index is 13.7. The highest BCUT2D eigenvalue weighted by atomic mass is 19.1. The Balaban J connectivity index is 0.000000142. The number of fused-ring (bicyclic) bond motifs is 2. The van der Waals surface area contributed by atoms with Crippen LogP contribution in [-0.2, 0) is 0 Å². The summed E-state index contributed by atoms with van der Waals surface area (Å²) < 4.78 is 38.1. The minimum atomic E-state index is -0.717. The molecule has 4 heterocycles. The predicted molar refractivity (Wildman–Crippen MR) is 182 cm³/mol. The van der Waals surface area contributed by atoms with Crippen LogP contribution in [0.15, 0.2) is 73.1 Å². The molecule has 9 heteroatoms. The van der Waals surface area contributed by atoms with E-state index in [0.717, 1.165) is 79.4 Å². The van der Waals surface area contributed by atoms with Crippen LogP contribution in [0.25, 0.3) is 4.85 Å². The molecular formula is C40H33F3N6. The van der Waals surface area contributed by atoms with Gasteiger partial charge in [-0.1, -0.05) is 24.0 Å². The van der Waals surface area contributed by atoms with Crippen LogP contribution in [0.4, 0.5) is 24.5 Å². The van der Waals surface area contributed by atoms with Gasteiger partial charge >= 0.3 is 0 Å². The number of nitriles is 1. The third-order valence-corrected chi connectivity index (χ3v) is 9.44. The standard InChI is InChI=1S/C20H16FN3.C13H14N2.C7H3F2N/c1-14-3-2-6-23-19(14)4-5-20-10-16(20)12-24(13-20)18-8-15(11-22)7-17(21)9-18;1-10-3-2-6-15-12(10)4-5-13-7-11(13)8-14-9-13;1-10-7-3-5(8)2-6(9)4-7/h2-3,6-9,16H,10,12-13H2,1H3;2-3,6,11,14H,7-9H2,1H3;2-4H. The molecular weight excluding hydrogens is 621 g/mol. The van der Waals surface area contributed by atoms with Crippen molar-refractivity contribution in [3.8, 4) is 29.8 Å². The van der Waals surface area contributed by atoms with E-state index in [-0.39, 0.29) is 16.9 Å². The van der Waals surface area contributed by atoms with Crippen LogP contribution in [0.3, 0.4) is 0 Å². The van der Waals surface area contributed by atoms with Gasteiger partial charge in [-0.3, -0.25) is 0 Å². The van der Waals surface area contributed by atoms with Gasteiger partial charge < -0.3 is 10.2 Å². The fourth-order valence-corrected chi connectivity index (χ4v) is 6.43. The van der Waals surface area contributed by atoms with E-state index in [1.54, 1.807) is 12.3 Å². The Morgan fingerprint density at radius 2 is 1.47 bits per heavy atom. The summed E-state index contributed by atoms with van der Waals surface area (Å²) in [7, 11) is 0. The Bertz CT molecular complexity index is 2090. The van der Waals surface area contributed by atoms with Gasteiger partial charge in [-0.15, -0.1) is 0 Å². The van der Waals surface area contributed by atoms with Crippen LogP contribution < -0.4 is 10.2 Å². The van der Waals surface area contributed by atoms with Crippen LogP contribution in [0.1, 0.15) is 40.9 Å². The van der Waals surface area contributed by atoms with E-state index in [0.29, 0.717) is 16.9 Å². The van der Waals surface area contributed by atoms with Crippen LogP contribution in [0.2, 0.25) is 0 Å². The summed E-state index contributed by atoms with van der Waals surface area (Å²) in [6, 6.07) is 17.2. The zero-order valence-electron chi connectivity index (χ0n) is 27.2. The Morgan fingerprint density at radius 1 is 0.857 bits per heavy atom. The van der Waals surface area contributed by atoms with Crippen LogP contribution in [0.5, 0.6) is 0 Å². The molecule has 6 nitrogen and oxygen atoms in total. The van der Waals surface area contributed by atoms with Gasteiger partial charge in [0.15, 0.2) is 5.69 Å². The number of piperidine rings is 2. The fourth-order valence-electron chi connectivity index (χ4n) is 6.43. The smallest absolute Gasteiger partial charge is 0.192 e. The number of aromatic nitrogens is 2. The first-order valence-corrected chi connectivity index (χ1v) is 16.0. The molecule has 2 aromatic heterocycles. The predicted octanol–water partition coefficient (Wildman–Crippen LogP) is 7.15. The number of halogens is 3. The summed E-state index contributed by atoms with van der Waals surface area (Å²) in [5, 5.41) is 12.4. The number of aryl methyl sites for hydroxylation is 2. The van der Waals surface area contributed by atoms with Crippen molar-refractivity contribution in [1.82, 2.24) is 15.3 Å². The van der Waals surface area contributed by atoms with Crippen LogP contribution in [-0.4, -0.2) is 36.1 Å². The molecule has 4 atom stereocenters. The molecule has 4 unspecified atom stereocenters. The summed E-state index contributed by atoms with van der Waals surface area (Å²) in [5.41, 5.74) is 5.41. The lowest BCUT2D eigenvalue weighted by Crippen LogP contribution is -2.24. The zero-order chi connectivity index (χ0) is 34.6. The molecule has 244 valence electrons. The van der Waals surface area contributed by atoms with Gasteiger partial charge in [0.2, 0.25) is 0 Å². The molecule has 2 saturated heterocycles. The Morgan fingerprint density at radius 3 is 2.02 bits per heavy atom. The first-order valence-electron chi connectivity index (χ1n) is 16.0. The van der Waals surface area contributed by atoms with E-state index in [2.05, 4.69) is 61.7 Å². The van der Waals surface area contributed by atoms with Gasteiger partial charge in [0, 0.05) is 49.2 Å². The average Bonchev–Trinajstić information content (AvgIpc) is 3.87. The number of pyridine rings is 2. The van der Waals surface area contributed by atoms with E-state index in [1.807, 2.05) is 37.4 Å². The highest BCUT2D eigenvalue weighted by Crippen LogP contribution is 2.58. The van der Waals surface area contributed by atoms with E-state index in [9.17, 15) is 13.2 Å². The molecule has 8 rings (SSSR count). The number of benzene rings is 2. The maximum Gasteiger partial charge on any atom is 0.192 e. The first-order chi connectivity index (χ1) is 23.6. The lowest BCUT2D eigenvalue weighted by Gasteiger charge is -2.21. The highest BCUT2D eigenvalue weighted by molar-refractivity contribution is 5.56. The summed E-state index contributed by atoms with van der Waals surface area (Å²) in [6.07, 6.45) is 5.93. The topological polar surface area (TPSA) is 69.2 Å². The van der Waals surface area contributed by atoms with Crippen LogP contribution in [0, 0.1) is 95.5 Å². The van der Waals surface area contributed by atoms with Crippen LogP contribution >= 0.6 is 0 Å². The fraction of sp³-hybridized carbons (Fsp3) is 0.300. The summed E-state index contributed by atoms with van der Waals surface area (Å²) in [5.74, 6) is 12.8. The molecule has 1 N–H and O–H groups in total. The van der Waals surface area contributed by atoms with E-state index >= 15 is 0 Å². The molecule has 49 heavy (non-hydrogen) atoms. The van der Waals surface area contributed by atoms with Gasteiger partial charge in [-0.25, -0.2) is 28.0 Å². The Labute approximate surface area is 284 Å². The summed E-state index contributed by atoms with van der Waals surface area (Å²) in [4.78, 5) is 13.6. The highest BCUT2D eigenvalue weighted by Gasteiger charge is 2.59. The van der Waals surface area contributed by atoms with Gasteiger partial charge in [0.05, 0.1) is 23.6 Å². The quantitative estimate of drug-likeness (QED) is 0.175. The Hall–Kier alpha value is -5.61. The number of nitrogens with one attached hydrogen (secondary N) is 1. The van der Waals surface area contributed by atoms with Crippen molar-refractivity contribution in [2.24, 2.45) is 22.7 Å². The van der Waals surface area contributed by atoms with Crippen molar-refractivity contribution in [3.63, 3.8) is 0 Å². The molecule has 4 fully saturated rings. The normalized spacial score (nSPS) is 23.2. The second kappa shape index (κ2) is 13.9. The molecule has 2 saturated carbocycles. The zero-order valence-corrected chi connectivity index (χ0v) is 27.2. The molecule has 2 aromatic carbocycles. The van der Waals surface area contributed by atoms with Gasteiger partial charge in [-0.05, 0) is 111 Å². The molecule has 0 spiro atoms. The largest absolute Gasteiger partial charge is 0.370 e. The second-order valence-corrected chi connectivity index (χ2v) is 13.0. The molecule has 2 aliphatic carbocycles. The minimum Gasteiger partial charge on any atom is -0.370 e. The molecule has 0 radical (unpaired) electrons. The maximum atomic E-state index is 13.7. The van der Waals surface area contributed by atoms with Crippen molar-refractivity contribution < 1.29 is 13.2 Å². The first kappa shape index (κ1) is 33.3. The number of hydrogen-bond acceptors (Lipinski definition) is 5. The van der Waals surface area contributed by atoms with Crippen molar-refractivity contribution in [1.29, 1.82) is 5.26 Å². The summed E-state index contributed by atoms with van der Waals surface area (Å²) in [6.45, 7) is 14.4.